The molecule has 0 spiro atoms. The topological polar surface area (TPSA) is 64.1 Å². The third-order valence-corrected chi connectivity index (χ3v) is 1.52. The Morgan fingerprint density at radius 1 is 1.40 bits per heavy atom. The van der Waals surface area contributed by atoms with Gasteiger partial charge < -0.3 is 0 Å². The average molecular weight is 230 g/mol. The van der Waals surface area contributed by atoms with Crippen molar-refractivity contribution in [2.75, 3.05) is 0 Å². The molecule has 82 valence electrons. The van der Waals surface area contributed by atoms with Crippen molar-refractivity contribution in [3.8, 4) is 0 Å². The molecule has 0 fully saturated rings. The third-order valence-electron chi connectivity index (χ3n) is 1.31. The Labute approximate surface area is 92.7 Å². The highest BCUT2D eigenvalue weighted by Gasteiger charge is 2.14. The van der Waals surface area contributed by atoms with Crippen LogP contribution in [0, 0.1) is 0 Å². The third kappa shape index (κ3) is 4.22. The van der Waals surface area contributed by atoms with Gasteiger partial charge in [0.25, 0.3) is 5.91 Å². The maximum Gasteiger partial charge on any atom is 0.295 e. The lowest BCUT2D eigenvalue weighted by Crippen LogP contribution is -2.34. The zero-order valence-electron chi connectivity index (χ0n) is 8.74. The van der Waals surface area contributed by atoms with Crippen molar-refractivity contribution in [1.82, 2.24) is 15.7 Å². The average Bonchev–Trinajstić information content (AvgIpc) is 2.14. The second-order valence-electron chi connectivity index (χ2n) is 3.89. The fourth-order valence-electron chi connectivity index (χ4n) is 0.689. The fourth-order valence-corrected chi connectivity index (χ4v) is 0.790. The predicted octanol–water partition coefficient (Wildman–Crippen LogP) is 1.59. The zero-order chi connectivity index (χ0) is 11.5. The van der Waals surface area contributed by atoms with Gasteiger partial charge in [0.1, 0.15) is 0 Å². The van der Waals surface area contributed by atoms with Gasteiger partial charge in [0, 0.05) is 0 Å². The van der Waals surface area contributed by atoms with Gasteiger partial charge in [-0.2, -0.15) is 0 Å². The number of carbonyl (C=O) groups excluding carboxylic acids is 1. The molecular weight excluding hydrogens is 218 g/mol. The lowest BCUT2D eigenvalue weighted by Gasteiger charge is -2.18. The van der Waals surface area contributed by atoms with Crippen LogP contribution in [0.2, 0.25) is 5.15 Å². The molecule has 0 unspecified atom stereocenters. The first-order chi connectivity index (χ1) is 6.88. The molecule has 6 heteroatoms. The lowest BCUT2D eigenvalue weighted by molar-refractivity contribution is -0.0591. The van der Waals surface area contributed by atoms with Crippen molar-refractivity contribution in [2.45, 2.75) is 26.4 Å². The molecule has 1 aromatic rings. The number of halogens is 1. The van der Waals surface area contributed by atoms with Gasteiger partial charge in [0.15, 0.2) is 10.8 Å². The smallest absolute Gasteiger partial charge is 0.268 e. The lowest BCUT2D eigenvalue weighted by atomic mass is 10.2. The summed E-state index contributed by atoms with van der Waals surface area (Å²) in [4.78, 5) is 16.5. The zero-order valence-corrected chi connectivity index (χ0v) is 9.50. The summed E-state index contributed by atoms with van der Waals surface area (Å²) in [6, 6.07) is 2.96. The summed E-state index contributed by atoms with van der Waals surface area (Å²) in [5, 5.41) is 7.39. The van der Waals surface area contributed by atoms with E-state index in [9.17, 15) is 4.79 Å². The van der Waals surface area contributed by atoms with Gasteiger partial charge in [-0.05, 0) is 32.9 Å². The largest absolute Gasteiger partial charge is 0.295 e. The molecule has 1 heterocycles. The first kappa shape index (κ1) is 11.9. The van der Waals surface area contributed by atoms with Crippen molar-refractivity contribution in [2.24, 2.45) is 0 Å². The van der Waals surface area contributed by atoms with E-state index in [1.807, 2.05) is 20.8 Å². The van der Waals surface area contributed by atoms with Crippen LogP contribution in [0.25, 0.3) is 0 Å². The monoisotopic (exact) mass is 229 g/mol. The summed E-state index contributed by atoms with van der Waals surface area (Å²) < 4.78 is 0. The molecule has 0 aliphatic carbocycles. The first-order valence-electron chi connectivity index (χ1n) is 4.36. The molecule has 15 heavy (non-hydrogen) atoms. The van der Waals surface area contributed by atoms with Gasteiger partial charge in [-0.25, -0.2) is 5.48 Å². The molecule has 1 amide bonds. The van der Waals surface area contributed by atoms with Gasteiger partial charge in [-0.1, -0.05) is 11.6 Å². The number of amides is 1. The van der Waals surface area contributed by atoms with E-state index in [1.165, 1.54) is 12.1 Å². The summed E-state index contributed by atoms with van der Waals surface area (Å²) in [6.45, 7) is 5.46. The number of rotatable bonds is 2. The van der Waals surface area contributed by atoms with Crippen LogP contribution in [0.15, 0.2) is 12.1 Å². The van der Waals surface area contributed by atoms with Crippen LogP contribution in [-0.2, 0) is 4.84 Å². The normalized spacial score (nSPS) is 11.2. The summed E-state index contributed by atoms with van der Waals surface area (Å²) in [6.07, 6.45) is 0. The van der Waals surface area contributed by atoms with Crippen molar-refractivity contribution < 1.29 is 9.63 Å². The minimum absolute atomic E-state index is 0.156. The maximum absolute atomic E-state index is 11.4. The van der Waals surface area contributed by atoms with E-state index in [0.717, 1.165) is 0 Å². The van der Waals surface area contributed by atoms with E-state index in [0.29, 0.717) is 0 Å². The standard InChI is InChI=1S/C9H12ClN3O2/c1-9(2,3)15-13-8(14)6-4-5-7(10)12-11-6/h4-5H,1-3H3,(H,13,14). The summed E-state index contributed by atoms with van der Waals surface area (Å²) in [5.74, 6) is -0.450. The van der Waals surface area contributed by atoms with Gasteiger partial charge in [-0.15, -0.1) is 10.2 Å². The molecule has 0 saturated carbocycles. The molecule has 5 nitrogen and oxygen atoms in total. The molecule has 0 aromatic carbocycles. The van der Waals surface area contributed by atoms with Crippen LogP contribution in [0.5, 0.6) is 0 Å². The molecule has 0 radical (unpaired) electrons. The molecule has 0 aliphatic heterocycles. The second kappa shape index (κ2) is 4.55. The number of nitrogens with zero attached hydrogens (tertiary/aromatic N) is 2. The van der Waals surface area contributed by atoms with Crippen LogP contribution in [0.3, 0.4) is 0 Å². The Hall–Kier alpha value is -1.20. The second-order valence-corrected chi connectivity index (χ2v) is 4.27. The van der Waals surface area contributed by atoms with E-state index in [1.54, 1.807) is 0 Å². The Morgan fingerprint density at radius 3 is 2.53 bits per heavy atom. The number of hydroxylamine groups is 1. The number of carbonyl (C=O) groups is 1. The molecular formula is C9H12ClN3O2. The Morgan fingerprint density at radius 2 is 2.07 bits per heavy atom. The van der Waals surface area contributed by atoms with Crippen molar-refractivity contribution >= 4 is 17.5 Å². The van der Waals surface area contributed by atoms with Gasteiger partial charge in [0.2, 0.25) is 0 Å². The Bertz CT molecular complexity index is 345. The summed E-state index contributed by atoms with van der Waals surface area (Å²) in [5.41, 5.74) is 1.98. The van der Waals surface area contributed by atoms with Gasteiger partial charge in [-0.3, -0.25) is 9.63 Å². The van der Waals surface area contributed by atoms with Crippen LogP contribution in [-0.4, -0.2) is 21.7 Å². The SMILES string of the molecule is CC(C)(C)ONC(=O)c1ccc(Cl)nn1. The van der Waals surface area contributed by atoms with Crippen molar-refractivity contribution in [3.05, 3.63) is 23.0 Å². The van der Waals surface area contributed by atoms with Gasteiger partial charge >= 0.3 is 0 Å². The van der Waals surface area contributed by atoms with E-state index < -0.39 is 11.5 Å². The highest BCUT2D eigenvalue weighted by atomic mass is 35.5. The number of hydrogen-bond donors (Lipinski definition) is 1. The first-order valence-corrected chi connectivity index (χ1v) is 4.74. The predicted molar refractivity (Wildman–Crippen MR) is 55.3 cm³/mol. The molecule has 0 aliphatic rings. The maximum atomic E-state index is 11.4. The number of nitrogens with one attached hydrogen (secondary N) is 1. The summed E-state index contributed by atoms with van der Waals surface area (Å²) >= 11 is 5.53. The van der Waals surface area contributed by atoms with E-state index in [4.69, 9.17) is 16.4 Å². The van der Waals surface area contributed by atoms with Crippen LogP contribution >= 0.6 is 11.6 Å². The Kier molecular flexibility index (Phi) is 3.60. The highest BCUT2D eigenvalue weighted by molar-refractivity contribution is 6.29. The molecule has 1 N–H and O–H groups in total. The number of aromatic nitrogens is 2. The molecule has 0 bridgehead atoms. The molecule has 0 saturated heterocycles. The van der Waals surface area contributed by atoms with Gasteiger partial charge in [0.05, 0.1) is 5.60 Å². The fraction of sp³-hybridized carbons (Fsp3) is 0.444. The van der Waals surface area contributed by atoms with E-state index in [2.05, 4.69) is 15.7 Å². The number of hydrogen-bond acceptors (Lipinski definition) is 4. The van der Waals surface area contributed by atoms with Crippen LogP contribution in [0.4, 0.5) is 0 Å². The van der Waals surface area contributed by atoms with E-state index >= 15 is 0 Å². The van der Waals surface area contributed by atoms with E-state index in [-0.39, 0.29) is 10.8 Å². The molecule has 0 atom stereocenters. The quantitative estimate of drug-likeness (QED) is 0.783. The molecule has 1 aromatic heterocycles. The highest BCUT2D eigenvalue weighted by Crippen LogP contribution is 2.05. The van der Waals surface area contributed by atoms with Crippen LogP contribution in [0.1, 0.15) is 31.3 Å². The Balaban J connectivity index is 2.58. The minimum Gasteiger partial charge on any atom is -0.268 e. The van der Waals surface area contributed by atoms with Crippen molar-refractivity contribution in [1.29, 1.82) is 0 Å². The minimum atomic E-state index is -0.450. The summed E-state index contributed by atoms with van der Waals surface area (Å²) in [7, 11) is 0. The molecule has 1 rings (SSSR count). The van der Waals surface area contributed by atoms with Crippen molar-refractivity contribution in [3.63, 3.8) is 0 Å². The van der Waals surface area contributed by atoms with Crippen LogP contribution < -0.4 is 5.48 Å².